The van der Waals surface area contributed by atoms with Crippen LogP contribution < -0.4 is 10.6 Å². The second-order valence-corrected chi connectivity index (χ2v) is 5.25. The van der Waals surface area contributed by atoms with Crippen molar-refractivity contribution in [3.63, 3.8) is 0 Å². The standard InChI is InChI=1S/C14H22N2OS.ClH/c1-3-8-15-9-10-16-14(17)11-18-13-6-4-12(2)5-7-13;/h4-7,15H,3,8-11H2,1-2H3,(H,16,17);1H. The highest BCUT2D eigenvalue weighted by Crippen LogP contribution is 2.17. The highest BCUT2D eigenvalue weighted by Gasteiger charge is 2.01. The van der Waals surface area contributed by atoms with Gasteiger partial charge in [-0.25, -0.2) is 0 Å². The second-order valence-electron chi connectivity index (χ2n) is 4.20. The van der Waals surface area contributed by atoms with E-state index in [0.29, 0.717) is 12.3 Å². The Labute approximate surface area is 126 Å². The van der Waals surface area contributed by atoms with E-state index in [2.05, 4.69) is 48.7 Å². The molecular weight excluding hydrogens is 280 g/mol. The van der Waals surface area contributed by atoms with Gasteiger partial charge in [0.15, 0.2) is 0 Å². The Hall–Kier alpha value is -0.710. The number of halogens is 1. The number of amides is 1. The molecule has 0 aliphatic carbocycles. The molecule has 0 saturated heterocycles. The number of nitrogens with one attached hydrogen (secondary N) is 2. The fraction of sp³-hybridized carbons (Fsp3) is 0.500. The van der Waals surface area contributed by atoms with Crippen LogP contribution in [0, 0.1) is 6.92 Å². The Morgan fingerprint density at radius 3 is 2.47 bits per heavy atom. The lowest BCUT2D eigenvalue weighted by Gasteiger charge is -2.06. The first-order valence-corrected chi connectivity index (χ1v) is 7.38. The molecule has 108 valence electrons. The Morgan fingerprint density at radius 2 is 1.84 bits per heavy atom. The van der Waals surface area contributed by atoms with Crippen molar-refractivity contribution in [2.45, 2.75) is 25.2 Å². The van der Waals surface area contributed by atoms with Gasteiger partial charge in [0.25, 0.3) is 0 Å². The second kappa shape index (κ2) is 11.1. The van der Waals surface area contributed by atoms with Crippen molar-refractivity contribution >= 4 is 30.1 Å². The molecule has 0 aliphatic rings. The van der Waals surface area contributed by atoms with Gasteiger partial charge in [-0.15, -0.1) is 24.2 Å². The molecule has 0 radical (unpaired) electrons. The zero-order valence-electron chi connectivity index (χ0n) is 11.6. The van der Waals surface area contributed by atoms with Crippen molar-refractivity contribution in [2.24, 2.45) is 0 Å². The van der Waals surface area contributed by atoms with Gasteiger partial charge in [-0.05, 0) is 32.0 Å². The van der Waals surface area contributed by atoms with E-state index in [1.165, 1.54) is 5.56 Å². The van der Waals surface area contributed by atoms with Gasteiger partial charge in [0, 0.05) is 18.0 Å². The monoisotopic (exact) mass is 302 g/mol. The van der Waals surface area contributed by atoms with Gasteiger partial charge < -0.3 is 10.6 Å². The van der Waals surface area contributed by atoms with Gasteiger partial charge in [0.1, 0.15) is 0 Å². The van der Waals surface area contributed by atoms with E-state index >= 15 is 0 Å². The zero-order valence-corrected chi connectivity index (χ0v) is 13.2. The van der Waals surface area contributed by atoms with Crippen molar-refractivity contribution in [1.82, 2.24) is 10.6 Å². The predicted molar refractivity (Wildman–Crippen MR) is 85.3 cm³/mol. The molecule has 0 fully saturated rings. The van der Waals surface area contributed by atoms with Crippen LogP contribution in [0.1, 0.15) is 18.9 Å². The third kappa shape index (κ3) is 8.92. The third-order valence-corrected chi connectivity index (χ3v) is 3.45. The molecule has 19 heavy (non-hydrogen) atoms. The van der Waals surface area contributed by atoms with E-state index in [0.717, 1.165) is 24.4 Å². The Bertz CT molecular complexity index is 357. The molecule has 0 heterocycles. The SMILES string of the molecule is CCCNCCNC(=O)CSc1ccc(C)cc1.Cl. The topological polar surface area (TPSA) is 41.1 Å². The fourth-order valence-electron chi connectivity index (χ4n) is 1.43. The van der Waals surface area contributed by atoms with E-state index in [-0.39, 0.29) is 18.3 Å². The van der Waals surface area contributed by atoms with Crippen LogP contribution in [0.4, 0.5) is 0 Å². The highest BCUT2D eigenvalue weighted by molar-refractivity contribution is 8.00. The van der Waals surface area contributed by atoms with Gasteiger partial charge in [0.05, 0.1) is 5.75 Å². The van der Waals surface area contributed by atoms with Crippen LogP contribution >= 0.6 is 24.2 Å². The van der Waals surface area contributed by atoms with Crippen LogP contribution in [-0.2, 0) is 4.79 Å². The number of aryl methyl sites for hydroxylation is 1. The Balaban J connectivity index is 0.00000324. The van der Waals surface area contributed by atoms with E-state index < -0.39 is 0 Å². The first kappa shape index (κ1) is 18.3. The third-order valence-electron chi connectivity index (χ3n) is 2.44. The maximum atomic E-state index is 11.6. The molecule has 0 aromatic heterocycles. The van der Waals surface area contributed by atoms with Gasteiger partial charge in [0.2, 0.25) is 5.91 Å². The van der Waals surface area contributed by atoms with Crippen molar-refractivity contribution in [3.05, 3.63) is 29.8 Å². The largest absolute Gasteiger partial charge is 0.354 e. The van der Waals surface area contributed by atoms with Crippen LogP contribution in [0.15, 0.2) is 29.2 Å². The lowest BCUT2D eigenvalue weighted by molar-refractivity contribution is -0.118. The summed E-state index contributed by atoms with van der Waals surface area (Å²) in [5, 5.41) is 6.15. The molecular formula is C14H23ClN2OS. The quantitative estimate of drug-likeness (QED) is 0.573. The van der Waals surface area contributed by atoms with Crippen LogP contribution in [0.5, 0.6) is 0 Å². The molecule has 0 spiro atoms. The summed E-state index contributed by atoms with van der Waals surface area (Å²) in [6.07, 6.45) is 1.12. The Morgan fingerprint density at radius 1 is 1.16 bits per heavy atom. The summed E-state index contributed by atoms with van der Waals surface area (Å²) in [6.45, 7) is 6.74. The van der Waals surface area contributed by atoms with Crippen molar-refractivity contribution in [1.29, 1.82) is 0 Å². The van der Waals surface area contributed by atoms with E-state index in [4.69, 9.17) is 0 Å². The van der Waals surface area contributed by atoms with Crippen LogP contribution in [0.25, 0.3) is 0 Å². The average Bonchev–Trinajstić information content (AvgIpc) is 2.38. The lowest BCUT2D eigenvalue weighted by Crippen LogP contribution is -2.33. The van der Waals surface area contributed by atoms with Crippen LogP contribution in [-0.4, -0.2) is 31.3 Å². The van der Waals surface area contributed by atoms with Gasteiger partial charge in [-0.3, -0.25) is 4.79 Å². The summed E-state index contributed by atoms with van der Waals surface area (Å²) in [5.41, 5.74) is 1.24. The number of carbonyl (C=O) groups excluding carboxylic acids is 1. The summed E-state index contributed by atoms with van der Waals surface area (Å²) in [6, 6.07) is 8.23. The molecule has 0 atom stereocenters. The van der Waals surface area contributed by atoms with E-state index in [1.54, 1.807) is 11.8 Å². The summed E-state index contributed by atoms with van der Waals surface area (Å²) in [7, 11) is 0. The maximum absolute atomic E-state index is 11.6. The average molecular weight is 303 g/mol. The fourth-order valence-corrected chi connectivity index (χ4v) is 2.15. The zero-order chi connectivity index (χ0) is 13.2. The van der Waals surface area contributed by atoms with Crippen molar-refractivity contribution in [2.75, 3.05) is 25.4 Å². The van der Waals surface area contributed by atoms with Gasteiger partial charge in [-0.2, -0.15) is 0 Å². The number of benzene rings is 1. The number of carbonyl (C=O) groups is 1. The van der Waals surface area contributed by atoms with Crippen molar-refractivity contribution in [3.8, 4) is 0 Å². The summed E-state index contributed by atoms with van der Waals surface area (Å²) < 4.78 is 0. The Kier molecular flexibility index (Phi) is 10.7. The number of hydrogen-bond donors (Lipinski definition) is 2. The molecule has 1 amide bonds. The van der Waals surface area contributed by atoms with Crippen LogP contribution in [0.2, 0.25) is 0 Å². The predicted octanol–water partition coefficient (Wildman–Crippen LogP) is 2.62. The number of rotatable bonds is 8. The minimum absolute atomic E-state index is 0. The van der Waals surface area contributed by atoms with E-state index in [1.807, 2.05) is 0 Å². The number of thioether (sulfide) groups is 1. The summed E-state index contributed by atoms with van der Waals surface area (Å²) >= 11 is 1.57. The molecule has 2 N–H and O–H groups in total. The maximum Gasteiger partial charge on any atom is 0.230 e. The molecule has 0 bridgehead atoms. The molecule has 0 unspecified atom stereocenters. The van der Waals surface area contributed by atoms with Crippen molar-refractivity contribution < 1.29 is 4.79 Å². The first-order valence-electron chi connectivity index (χ1n) is 6.39. The molecule has 0 saturated carbocycles. The minimum Gasteiger partial charge on any atom is -0.354 e. The van der Waals surface area contributed by atoms with Gasteiger partial charge >= 0.3 is 0 Å². The smallest absolute Gasteiger partial charge is 0.230 e. The molecule has 1 aromatic carbocycles. The summed E-state index contributed by atoms with van der Waals surface area (Å²) in [5.74, 6) is 0.579. The molecule has 5 heteroatoms. The van der Waals surface area contributed by atoms with Crippen LogP contribution in [0.3, 0.4) is 0 Å². The van der Waals surface area contributed by atoms with E-state index in [9.17, 15) is 4.79 Å². The molecule has 1 aromatic rings. The minimum atomic E-state index is 0. The first-order chi connectivity index (χ1) is 8.72. The van der Waals surface area contributed by atoms with Gasteiger partial charge in [-0.1, -0.05) is 24.6 Å². The normalized spacial score (nSPS) is 9.79. The molecule has 3 nitrogen and oxygen atoms in total. The molecule has 0 aliphatic heterocycles. The number of hydrogen-bond acceptors (Lipinski definition) is 3. The summed E-state index contributed by atoms with van der Waals surface area (Å²) in [4.78, 5) is 12.7. The molecule has 1 rings (SSSR count). The highest BCUT2D eigenvalue weighted by atomic mass is 35.5. The lowest BCUT2D eigenvalue weighted by atomic mass is 10.2.